The summed E-state index contributed by atoms with van der Waals surface area (Å²) in [6, 6.07) is 1.77. The van der Waals surface area contributed by atoms with E-state index >= 15 is 0 Å². The SMILES string of the molecule is CCOC(=O)c1cc(S(=O)(=O)NC2CNCCC2C)cc([N+](=O)[O-])c1C.Cl. The molecule has 2 atom stereocenters. The van der Waals surface area contributed by atoms with Gasteiger partial charge >= 0.3 is 5.97 Å². The quantitative estimate of drug-likeness (QED) is 0.407. The van der Waals surface area contributed by atoms with Crippen LogP contribution in [-0.2, 0) is 14.8 Å². The third-order valence-electron chi connectivity index (χ3n) is 4.49. The van der Waals surface area contributed by atoms with Gasteiger partial charge in [-0.2, -0.15) is 0 Å². The molecular weight excluding hydrogens is 398 g/mol. The molecule has 152 valence electrons. The van der Waals surface area contributed by atoms with Crippen LogP contribution in [0, 0.1) is 23.0 Å². The van der Waals surface area contributed by atoms with Gasteiger partial charge in [-0.3, -0.25) is 10.1 Å². The molecule has 11 heteroatoms. The van der Waals surface area contributed by atoms with Crippen LogP contribution in [0.4, 0.5) is 5.69 Å². The van der Waals surface area contributed by atoms with Gasteiger partial charge in [0.1, 0.15) is 0 Å². The summed E-state index contributed by atoms with van der Waals surface area (Å²) in [6.45, 7) is 6.28. The minimum atomic E-state index is -4.04. The molecule has 1 aromatic carbocycles. The molecule has 1 heterocycles. The molecule has 0 aliphatic carbocycles. The van der Waals surface area contributed by atoms with Gasteiger partial charge in [-0.1, -0.05) is 6.92 Å². The summed E-state index contributed by atoms with van der Waals surface area (Å²) in [6.07, 6.45) is 0.815. The van der Waals surface area contributed by atoms with Gasteiger partial charge in [0.15, 0.2) is 0 Å². The number of nitro benzene ring substituents is 1. The van der Waals surface area contributed by atoms with E-state index in [2.05, 4.69) is 10.0 Å². The van der Waals surface area contributed by atoms with Gasteiger partial charge in [0.25, 0.3) is 5.69 Å². The van der Waals surface area contributed by atoms with Crippen LogP contribution in [0.5, 0.6) is 0 Å². The first-order valence-corrected chi connectivity index (χ1v) is 9.85. The lowest BCUT2D eigenvalue weighted by atomic mass is 9.96. The predicted molar refractivity (Wildman–Crippen MR) is 102 cm³/mol. The van der Waals surface area contributed by atoms with Crippen LogP contribution >= 0.6 is 12.4 Å². The molecule has 0 amide bonds. The molecule has 2 N–H and O–H groups in total. The Labute approximate surface area is 164 Å². The summed E-state index contributed by atoms with van der Waals surface area (Å²) in [4.78, 5) is 22.4. The zero-order valence-electron chi connectivity index (χ0n) is 15.4. The van der Waals surface area contributed by atoms with Crippen molar-refractivity contribution in [2.24, 2.45) is 5.92 Å². The number of nitrogens with zero attached hydrogens (tertiary/aromatic N) is 1. The molecular formula is C16H24ClN3O6S. The lowest BCUT2D eigenvalue weighted by Crippen LogP contribution is -2.50. The van der Waals surface area contributed by atoms with Crippen molar-refractivity contribution < 1.29 is 22.9 Å². The lowest BCUT2D eigenvalue weighted by Gasteiger charge is -2.30. The third-order valence-corrected chi connectivity index (χ3v) is 5.96. The normalized spacial score (nSPS) is 19.8. The highest BCUT2D eigenvalue weighted by atomic mass is 35.5. The number of hydrogen-bond donors (Lipinski definition) is 2. The van der Waals surface area contributed by atoms with Crippen molar-refractivity contribution in [1.29, 1.82) is 0 Å². The summed E-state index contributed by atoms with van der Waals surface area (Å²) in [5.41, 5.74) is -0.498. The van der Waals surface area contributed by atoms with Gasteiger partial charge < -0.3 is 10.1 Å². The minimum Gasteiger partial charge on any atom is -0.462 e. The Kier molecular flexibility index (Phi) is 8.15. The Morgan fingerprint density at radius 1 is 1.44 bits per heavy atom. The van der Waals surface area contributed by atoms with E-state index < -0.39 is 26.6 Å². The average Bonchev–Trinajstić information content (AvgIpc) is 2.56. The highest BCUT2D eigenvalue weighted by Gasteiger charge is 2.30. The van der Waals surface area contributed by atoms with Crippen molar-refractivity contribution in [3.8, 4) is 0 Å². The van der Waals surface area contributed by atoms with E-state index in [1.165, 1.54) is 6.92 Å². The van der Waals surface area contributed by atoms with E-state index in [1.807, 2.05) is 6.92 Å². The molecule has 0 bridgehead atoms. The molecule has 27 heavy (non-hydrogen) atoms. The number of halogens is 1. The molecule has 2 rings (SSSR count). The third kappa shape index (κ3) is 5.38. The van der Waals surface area contributed by atoms with Gasteiger partial charge in [-0.05, 0) is 38.8 Å². The molecule has 2 unspecified atom stereocenters. The molecule has 0 aromatic heterocycles. The first-order chi connectivity index (χ1) is 12.2. The summed E-state index contributed by atoms with van der Waals surface area (Å²) < 4.78 is 33.0. The summed E-state index contributed by atoms with van der Waals surface area (Å²) >= 11 is 0. The Morgan fingerprint density at radius 2 is 2.11 bits per heavy atom. The van der Waals surface area contributed by atoms with Crippen LogP contribution in [-0.4, -0.2) is 45.0 Å². The number of benzene rings is 1. The van der Waals surface area contributed by atoms with E-state index in [-0.39, 0.29) is 47.0 Å². The first-order valence-electron chi connectivity index (χ1n) is 8.36. The van der Waals surface area contributed by atoms with E-state index in [4.69, 9.17) is 4.74 Å². The van der Waals surface area contributed by atoms with E-state index in [0.717, 1.165) is 25.1 Å². The molecule has 9 nitrogen and oxygen atoms in total. The van der Waals surface area contributed by atoms with Gasteiger partial charge in [-0.25, -0.2) is 17.9 Å². The summed E-state index contributed by atoms with van der Waals surface area (Å²) in [5.74, 6) is -0.672. The van der Waals surface area contributed by atoms with Crippen molar-refractivity contribution in [2.45, 2.75) is 38.1 Å². The maximum absolute atomic E-state index is 12.8. The van der Waals surface area contributed by atoms with Gasteiger partial charge in [0.05, 0.1) is 22.0 Å². The number of hydrogen-bond acceptors (Lipinski definition) is 7. The molecule has 0 radical (unpaired) electrons. The van der Waals surface area contributed by atoms with Crippen LogP contribution in [0.2, 0.25) is 0 Å². The fraction of sp³-hybridized carbons (Fsp3) is 0.562. The van der Waals surface area contributed by atoms with Crippen molar-refractivity contribution in [3.63, 3.8) is 0 Å². The Morgan fingerprint density at radius 3 is 2.67 bits per heavy atom. The molecule has 1 saturated heterocycles. The minimum absolute atomic E-state index is 0. The van der Waals surface area contributed by atoms with Crippen LogP contribution in [0.25, 0.3) is 0 Å². The zero-order chi connectivity index (χ0) is 19.5. The summed E-state index contributed by atoms with van der Waals surface area (Å²) in [5, 5.41) is 14.4. The van der Waals surface area contributed by atoms with Crippen molar-refractivity contribution in [3.05, 3.63) is 33.4 Å². The molecule has 0 saturated carbocycles. The van der Waals surface area contributed by atoms with Crippen molar-refractivity contribution >= 4 is 34.1 Å². The number of nitrogens with one attached hydrogen (secondary N) is 2. The zero-order valence-corrected chi connectivity index (χ0v) is 17.0. The maximum Gasteiger partial charge on any atom is 0.338 e. The fourth-order valence-electron chi connectivity index (χ4n) is 2.85. The second kappa shape index (κ2) is 9.45. The number of rotatable bonds is 6. The number of piperidine rings is 1. The van der Waals surface area contributed by atoms with Crippen molar-refractivity contribution in [2.75, 3.05) is 19.7 Å². The number of carbonyl (C=O) groups excluding carboxylic acids is 1. The monoisotopic (exact) mass is 421 g/mol. The lowest BCUT2D eigenvalue weighted by molar-refractivity contribution is -0.385. The van der Waals surface area contributed by atoms with Gasteiger partial charge in [0.2, 0.25) is 10.0 Å². The Bertz CT molecular complexity index is 815. The standard InChI is InChI=1S/C16H23N3O6S.ClH/c1-4-25-16(20)13-7-12(8-15(11(13)3)19(21)22)26(23,24)18-14-9-17-6-5-10(14)2;/h7-8,10,14,17-18H,4-6,9H2,1-3H3;1H. The van der Waals surface area contributed by atoms with Crippen molar-refractivity contribution in [1.82, 2.24) is 10.0 Å². The average molecular weight is 422 g/mol. The highest BCUT2D eigenvalue weighted by molar-refractivity contribution is 7.89. The maximum atomic E-state index is 12.8. The smallest absolute Gasteiger partial charge is 0.338 e. The second-order valence-electron chi connectivity index (χ2n) is 6.29. The molecule has 1 aliphatic rings. The van der Waals surface area contributed by atoms with Crippen LogP contribution < -0.4 is 10.0 Å². The Hall–Kier alpha value is -1.75. The number of sulfonamides is 1. The van der Waals surface area contributed by atoms with E-state index in [0.29, 0.717) is 6.54 Å². The number of carbonyl (C=O) groups is 1. The van der Waals surface area contributed by atoms with Crippen LogP contribution in [0.3, 0.4) is 0 Å². The summed E-state index contributed by atoms with van der Waals surface area (Å²) in [7, 11) is -4.04. The van der Waals surface area contributed by atoms with E-state index in [1.54, 1.807) is 6.92 Å². The Balaban J connectivity index is 0.00000364. The van der Waals surface area contributed by atoms with Gasteiger partial charge in [0, 0.05) is 24.2 Å². The molecule has 1 aliphatic heterocycles. The molecule has 1 aromatic rings. The topological polar surface area (TPSA) is 128 Å². The molecule has 0 spiro atoms. The van der Waals surface area contributed by atoms with Crippen LogP contribution in [0.15, 0.2) is 17.0 Å². The van der Waals surface area contributed by atoms with Crippen LogP contribution in [0.1, 0.15) is 36.2 Å². The predicted octanol–water partition coefficient (Wildman–Crippen LogP) is 1.78. The number of nitro groups is 1. The first kappa shape index (κ1) is 23.3. The van der Waals surface area contributed by atoms with Gasteiger partial charge in [-0.15, -0.1) is 12.4 Å². The second-order valence-corrected chi connectivity index (χ2v) is 8.00. The largest absolute Gasteiger partial charge is 0.462 e. The highest BCUT2D eigenvalue weighted by Crippen LogP contribution is 2.27. The molecule has 1 fully saturated rings. The number of esters is 1. The van der Waals surface area contributed by atoms with E-state index in [9.17, 15) is 23.3 Å². The fourth-order valence-corrected chi connectivity index (χ4v) is 4.24. The number of ether oxygens (including phenoxy) is 1.